The zero-order valence-electron chi connectivity index (χ0n) is 11.0. The average Bonchev–Trinajstić information content (AvgIpc) is 2.28. The third-order valence-corrected chi connectivity index (χ3v) is 3.10. The van der Waals surface area contributed by atoms with Crippen LogP contribution in [-0.4, -0.2) is 50.5 Å². The van der Waals surface area contributed by atoms with Crippen LogP contribution < -0.4 is 0 Å². The lowest BCUT2D eigenvalue weighted by Crippen LogP contribution is -2.53. The topological polar surface area (TPSA) is 35.5 Å². The van der Waals surface area contributed by atoms with Crippen LogP contribution in [0.1, 0.15) is 5.56 Å². The molecule has 1 heterocycles. The fourth-order valence-corrected chi connectivity index (χ4v) is 2.00. The molecule has 0 aliphatic carbocycles. The van der Waals surface area contributed by atoms with Crippen molar-refractivity contribution in [3.8, 4) is 0 Å². The van der Waals surface area contributed by atoms with Crippen LogP contribution in [0.3, 0.4) is 0 Å². The van der Waals surface area contributed by atoms with Crippen molar-refractivity contribution in [3.63, 3.8) is 0 Å². The van der Waals surface area contributed by atoms with Gasteiger partial charge in [-0.1, -0.05) is 30.3 Å². The second-order valence-corrected chi connectivity index (χ2v) is 5.29. The molecular formula is C14H20NO3+. The summed E-state index contributed by atoms with van der Waals surface area (Å²) in [5.41, 5.74) is 0.965. The summed E-state index contributed by atoms with van der Waals surface area (Å²) >= 11 is 0. The second-order valence-electron chi connectivity index (χ2n) is 5.29. The van der Waals surface area contributed by atoms with Gasteiger partial charge in [0, 0.05) is 0 Å². The largest absolute Gasteiger partial charge is 0.429 e. The Morgan fingerprint density at radius 2 is 2.11 bits per heavy atom. The van der Waals surface area contributed by atoms with E-state index in [-0.39, 0.29) is 5.97 Å². The summed E-state index contributed by atoms with van der Waals surface area (Å²) in [6, 6.07) is 9.60. The lowest BCUT2D eigenvalue weighted by molar-refractivity contribution is -0.905. The Labute approximate surface area is 108 Å². The third-order valence-electron chi connectivity index (χ3n) is 3.10. The number of hydrogen-bond acceptors (Lipinski definition) is 3. The van der Waals surface area contributed by atoms with Crippen LogP contribution in [0, 0.1) is 0 Å². The van der Waals surface area contributed by atoms with Crippen LogP contribution in [0.15, 0.2) is 30.3 Å². The predicted octanol–water partition coefficient (Wildman–Crippen LogP) is 1.20. The van der Waals surface area contributed by atoms with E-state index in [1.165, 1.54) is 0 Å². The summed E-state index contributed by atoms with van der Waals surface area (Å²) in [5, 5.41) is 0. The van der Waals surface area contributed by atoms with E-state index >= 15 is 0 Å². The molecule has 1 fully saturated rings. The Morgan fingerprint density at radius 1 is 1.39 bits per heavy atom. The van der Waals surface area contributed by atoms with Crippen LogP contribution in [-0.2, 0) is 20.7 Å². The van der Waals surface area contributed by atoms with E-state index in [0.29, 0.717) is 19.6 Å². The van der Waals surface area contributed by atoms with Gasteiger partial charge >= 0.3 is 5.97 Å². The number of hydrogen-bond donors (Lipinski definition) is 0. The highest BCUT2D eigenvalue weighted by molar-refractivity contribution is 5.72. The Bertz CT molecular complexity index is 403. The molecule has 0 radical (unpaired) electrons. The minimum Gasteiger partial charge on any atom is -0.429 e. The smallest absolute Gasteiger partial charge is 0.312 e. The maximum atomic E-state index is 11.8. The van der Waals surface area contributed by atoms with Gasteiger partial charge in [-0.25, -0.2) is 0 Å². The van der Waals surface area contributed by atoms with Crippen LogP contribution in [0.2, 0.25) is 0 Å². The van der Waals surface area contributed by atoms with Gasteiger partial charge in [-0.3, -0.25) is 4.79 Å². The van der Waals surface area contributed by atoms with Gasteiger partial charge < -0.3 is 14.0 Å². The molecule has 1 atom stereocenters. The molecule has 1 aromatic carbocycles. The molecule has 1 unspecified atom stereocenters. The van der Waals surface area contributed by atoms with Gasteiger partial charge in [-0.2, -0.15) is 0 Å². The summed E-state index contributed by atoms with van der Waals surface area (Å²) in [5.74, 6) is -0.229. The molecule has 1 saturated heterocycles. The quantitative estimate of drug-likeness (QED) is 0.597. The van der Waals surface area contributed by atoms with E-state index in [0.717, 1.165) is 16.6 Å². The van der Waals surface area contributed by atoms with Gasteiger partial charge in [0.15, 0.2) is 0 Å². The summed E-state index contributed by atoms with van der Waals surface area (Å²) in [6.45, 7) is 2.30. The fourth-order valence-electron chi connectivity index (χ4n) is 2.00. The molecular weight excluding hydrogens is 230 g/mol. The fraction of sp³-hybridized carbons (Fsp3) is 0.500. The molecule has 0 N–H and O–H groups in total. The highest BCUT2D eigenvalue weighted by Gasteiger charge is 2.30. The van der Waals surface area contributed by atoms with Crippen LogP contribution in [0.25, 0.3) is 0 Å². The minimum absolute atomic E-state index is 0.229. The zero-order valence-corrected chi connectivity index (χ0v) is 11.0. The first-order valence-electron chi connectivity index (χ1n) is 6.22. The first-order chi connectivity index (χ1) is 8.55. The summed E-state index contributed by atoms with van der Waals surface area (Å²) in [4.78, 5) is 11.8. The number of esters is 1. The van der Waals surface area contributed by atoms with Gasteiger partial charge in [0.25, 0.3) is 6.29 Å². The predicted molar refractivity (Wildman–Crippen MR) is 67.8 cm³/mol. The van der Waals surface area contributed by atoms with E-state index < -0.39 is 6.29 Å². The molecule has 98 valence electrons. The number of benzene rings is 1. The van der Waals surface area contributed by atoms with Crippen molar-refractivity contribution < 1.29 is 18.8 Å². The Balaban J connectivity index is 1.84. The average molecular weight is 250 g/mol. The van der Waals surface area contributed by atoms with Crippen molar-refractivity contribution in [2.24, 2.45) is 0 Å². The van der Waals surface area contributed by atoms with E-state index in [4.69, 9.17) is 9.47 Å². The van der Waals surface area contributed by atoms with Gasteiger partial charge in [0.1, 0.15) is 19.7 Å². The minimum atomic E-state index is -0.412. The molecule has 0 bridgehead atoms. The summed E-state index contributed by atoms with van der Waals surface area (Å²) < 4.78 is 11.6. The highest BCUT2D eigenvalue weighted by Crippen LogP contribution is 2.12. The normalized spacial score (nSPS) is 22.4. The van der Waals surface area contributed by atoms with E-state index in [1.807, 2.05) is 30.3 Å². The van der Waals surface area contributed by atoms with E-state index in [9.17, 15) is 4.79 Å². The Kier molecular flexibility index (Phi) is 3.99. The van der Waals surface area contributed by atoms with Crippen LogP contribution >= 0.6 is 0 Å². The van der Waals surface area contributed by atoms with Crippen LogP contribution in [0.4, 0.5) is 0 Å². The number of nitrogens with zero attached hydrogens (tertiary/aromatic N) is 1. The lowest BCUT2D eigenvalue weighted by atomic mass is 10.2. The number of ether oxygens (including phenoxy) is 2. The molecule has 0 aromatic heterocycles. The summed E-state index contributed by atoms with van der Waals surface area (Å²) in [6.07, 6.45) is -0.112. The molecule has 1 aliphatic heterocycles. The molecule has 4 nitrogen and oxygen atoms in total. The third kappa shape index (κ3) is 3.82. The Morgan fingerprint density at radius 3 is 2.78 bits per heavy atom. The molecule has 4 heteroatoms. The van der Waals surface area contributed by atoms with Crippen molar-refractivity contribution in [1.82, 2.24) is 0 Å². The maximum Gasteiger partial charge on any atom is 0.312 e. The summed E-state index contributed by atoms with van der Waals surface area (Å²) in [7, 11) is 4.22. The SMILES string of the molecule is C[N+]1(C)CCOC(OC(=O)Cc2ccccc2)C1. The molecule has 0 amide bonds. The number of morpholine rings is 1. The molecule has 0 spiro atoms. The number of carbonyl (C=O) groups excluding carboxylic acids is 1. The number of quaternary nitrogens is 1. The standard InChI is InChI=1S/C14H20NO3/c1-15(2)8-9-17-14(11-15)18-13(16)10-12-6-4-3-5-7-12/h3-7,14H,8-11H2,1-2H3/q+1. The molecule has 18 heavy (non-hydrogen) atoms. The molecule has 2 rings (SSSR count). The van der Waals surface area contributed by atoms with Crippen molar-refractivity contribution in [1.29, 1.82) is 0 Å². The number of likely N-dealkylation sites (N-methyl/N-ethyl adjacent to an activating group) is 1. The Hall–Kier alpha value is -1.39. The van der Waals surface area contributed by atoms with Crippen molar-refractivity contribution >= 4 is 5.97 Å². The monoisotopic (exact) mass is 250 g/mol. The van der Waals surface area contributed by atoms with Crippen molar-refractivity contribution in [2.75, 3.05) is 33.8 Å². The number of carbonyl (C=O) groups is 1. The van der Waals surface area contributed by atoms with Crippen molar-refractivity contribution in [2.45, 2.75) is 12.7 Å². The second kappa shape index (κ2) is 5.50. The molecule has 1 aromatic rings. The lowest BCUT2D eigenvalue weighted by Gasteiger charge is -2.37. The zero-order chi connectivity index (χ0) is 13.0. The van der Waals surface area contributed by atoms with Gasteiger partial charge in [0.2, 0.25) is 0 Å². The van der Waals surface area contributed by atoms with E-state index in [2.05, 4.69) is 14.1 Å². The first kappa shape index (κ1) is 13.1. The van der Waals surface area contributed by atoms with Gasteiger partial charge in [-0.15, -0.1) is 0 Å². The first-order valence-corrected chi connectivity index (χ1v) is 6.22. The number of rotatable bonds is 3. The van der Waals surface area contributed by atoms with Crippen molar-refractivity contribution in [3.05, 3.63) is 35.9 Å². The molecule has 1 aliphatic rings. The van der Waals surface area contributed by atoms with E-state index in [1.54, 1.807) is 0 Å². The van der Waals surface area contributed by atoms with Crippen LogP contribution in [0.5, 0.6) is 0 Å². The highest BCUT2D eigenvalue weighted by atomic mass is 16.7. The van der Waals surface area contributed by atoms with Gasteiger partial charge in [0.05, 0.1) is 20.5 Å². The van der Waals surface area contributed by atoms with Gasteiger partial charge in [-0.05, 0) is 5.56 Å². The maximum absolute atomic E-state index is 11.8. The molecule has 0 saturated carbocycles.